The lowest BCUT2D eigenvalue weighted by Crippen LogP contribution is -2.44. The summed E-state index contributed by atoms with van der Waals surface area (Å²) in [6.45, 7) is 12.8. The van der Waals surface area contributed by atoms with Crippen LogP contribution in [0, 0.1) is 12.3 Å². The van der Waals surface area contributed by atoms with Crippen molar-refractivity contribution in [2.45, 2.75) is 27.7 Å². The summed E-state index contributed by atoms with van der Waals surface area (Å²) < 4.78 is 6.16. The average molecular weight is 540 g/mol. The van der Waals surface area contributed by atoms with Gasteiger partial charge in [-0.15, -0.1) is 0 Å². The van der Waals surface area contributed by atoms with Gasteiger partial charge in [-0.25, -0.2) is 15.0 Å². The molecule has 0 saturated carbocycles. The Kier molecular flexibility index (Phi) is 7.84. The van der Waals surface area contributed by atoms with Crippen LogP contribution in [-0.2, 0) is 0 Å². The fourth-order valence-electron chi connectivity index (χ4n) is 4.51. The highest BCUT2D eigenvalue weighted by Gasteiger charge is 2.17. The largest absolute Gasteiger partial charge is 0.457 e. The van der Waals surface area contributed by atoms with Gasteiger partial charge in [0.05, 0.1) is 11.7 Å². The Morgan fingerprint density at radius 2 is 1.80 bits per heavy atom. The molecule has 40 heavy (non-hydrogen) atoms. The van der Waals surface area contributed by atoms with E-state index in [1.54, 1.807) is 18.5 Å². The van der Waals surface area contributed by atoms with E-state index in [0.717, 1.165) is 60.0 Å². The number of carbonyl (C=O) groups excluding carboxylic acids is 1. The minimum atomic E-state index is -0.111. The fourth-order valence-corrected chi connectivity index (χ4v) is 4.51. The number of fused-ring (bicyclic) bond motifs is 1. The smallest absolute Gasteiger partial charge is 0.251 e. The molecule has 1 saturated heterocycles. The molecule has 0 atom stereocenters. The number of amides is 1. The fraction of sp³-hybridized carbons (Fsp3) is 0.355. The lowest BCUT2D eigenvalue weighted by Gasteiger charge is -2.33. The van der Waals surface area contributed by atoms with Crippen LogP contribution in [0.25, 0.3) is 10.9 Å². The average Bonchev–Trinajstić information content (AvgIpc) is 2.93. The summed E-state index contributed by atoms with van der Waals surface area (Å²) in [5, 5.41) is 7.36. The molecule has 208 valence electrons. The lowest BCUT2D eigenvalue weighted by molar-refractivity contribution is 0.0939. The van der Waals surface area contributed by atoms with Gasteiger partial charge >= 0.3 is 0 Å². The number of anilines is 3. The third-order valence-electron chi connectivity index (χ3n) is 6.88. The monoisotopic (exact) mass is 539 g/mol. The van der Waals surface area contributed by atoms with Crippen LogP contribution in [-0.4, -0.2) is 65.5 Å². The van der Waals surface area contributed by atoms with Gasteiger partial charge in [-0.05, 0) is 67.4 Å². The van der Waals surface area contributed by atoms with Crippen molar-refractivity contribution in [3.8, 4) is 11.5 Å². The highest BCUT2D eigenvalue weighted by atomic mass is 16.5. The normalized spacial score (nSPS) is 14.3. The molecule has 0 radical (unpaired) electrons. The summed E-state index contributed by atoms with van der Waals surface area (Å²) in [6, 6.07) is 15.2. The van der Waals surface area contributed by atoms with Crippen molar-refractivity contribution < 1.29 is 9.53 Å². The summed E-state index contributed by atoms with van der Waals surface area (Å²) in [7, 11) is 2.14. The molecule has 2 N–H and O–H groups in total. The van der Waals surface area contributed by atoms with Gasteiger partial charge in [-0.2, -0.15) is 0 Å². The van der Waals surface area contributed by atoms with Gasteiger partial charge in [0.15, 0.2) is 0 Å². The molecule has 9 heteroatoms. The Bertz CT molecular complexity index is 1510. The van der Waals surface area contributed by atoms with Crippen LogP contribution in [0.4, 0.5) is 17.3 Å². The van der Waals surface area contributed by atoms with Gasteiger partial charge < -0.3 is 25.2 Å². The number of hydrogen-bond donors (Lipinski definition) is 2. The van der Waals surface area contributed by atoms with Crippen molar-refractivity contribution in [3.63, 3.8) is 0 Å². The SMILES string of the molecule is Cc1cc(Nc2ncnc3cnc(N4CCN(C)CC4)cc23)ccc1Oc1cccc(C(=O)NCC(C)(C)C)c1. The second kappa shape index (κ2) is 11.5. The number of pyridine rings is 1. The molecular weight excluding hydrogens is 502 g/mol. The number of rotatable bonds is 7. The quantitative estimate of drug-likeness (QED) is 0.323. The van der Waals surface area contributed by atoms with E-state index in [4.69, 9.17) is 4.74 Å². The third kappa shape index (κ3) is 6.66. The Balaban J connectivity index is 1.31. The molecule has 1 aliphatic heterocycles. The van der Waals surface area contributed by atoms with Crippen LogP contribution < -0.4 is 20.3 Å². The van der Waals surface area contributed by atoms with E-state index in [0.29, 0.717) is 23.6 Å². The maximum absolute atomic E-state index is 12.6. The maximum atomic E-state index is 12.6. The molecule has 5 rings (SSSR count). The standard InChI is InChI=1S/C31H37N7O2/c1-21-15-23(9-10-27(21)40-24-8-6-7-22(16-24)30(39)33-19-31(2,3)4)36-29-25-17-28(32-18-26(25)34-20-35-29)38-13-11-37(5)12-14-38/h6-10,15-18,20H,11-14,19H2,1-5H3,(H,33,39)(H,34,35,36). The van der Waals surface area contributed by atoms with E-state index in [2.05, 4.69) is 69.3 Å². The van der Waals surface area contributed by atoms with Crippen LogP contribution in [0.3, 0.4) is 0 Å². The van der Waals surface area contributed by atoms with E-state index in [1.165, 1.54) is 0 Å². The van der Waals surface area contributed by atoms with Crippen molar-refractivity contribution in [2.75, 3.05) is 50.0 Å². The molecular formula is C31H37N7O2. The molecule has 1 aliphatic rings. The number of piperazine rings is 1. The number of likely N-dealkylation sites (N-methyl/N-ethyl adjacent to an activating group) is 1. The first-order valence-corrected chi connectivity index (χ1v) is 13.6. The number of nitrogens with one attached hydrogen (secondary N) is 2. The molecule has 2 aromatic carbocycles. The second-order valence-electron chi connectivity index (χ2n) is 11.6. The second-order valence-corrected chi connectivity index (χ2v) is 11.6. The Morgan fingerprint density at radius 1 is 1.00 bits per heavy atom. The maximum Gasteiger partial charge on any atom is 0.251 e. The van der Waals surface area contributed by atoms with Gasteiger partial charge in [0.1, 0.15) is 29.5 Å². The van der Waals surface area contributed by atoms with Crippen LogP contribution in [0.15, 0.2) is 61.1 Å². The van der Waals surface area contributed by atoms with Crippen LogP contribution in [0.2, 0.25) is 0 Å². The van der Waals surface area contributed by atoms with Crippen LogP contribution in [0.5, 0.6) is 11.5 Å². The van der Waals surface area contributed by atoms with Gasteiger partial charge in [-0.3, -0.25) is 4.79 Å². The van der Waals surface area contributed by atoms with E-state index in [-0.39, 0.29) is 11.3 Å². The first-order chi connectivity index (χ1) is 19.1. The van der Waals surface area contributed by atoms with Crippen LogP contribution >= 0.6 is 0 Å². The number of benzene rings is 2. The third-order valence-corrected chi connectivity index (χ3v) is 6.88. The summed E-state index contributed by atoms with van der Waals surface area (Å²) in [5.41, 5.74) is 3.21. The zero-order valence-electron chi connectivity index (χ0n) is 23.9. The van der Waals surface area contributed by atoms with Crippen molar-refractivity contribution in [3.05, 3.63) is 72.2 Å². The van der Waals surface area contributed by atoms with E-state index in [9.17, 15) is 4.79 Å². The molecule has 0 unspecified atom stereocenters. The van der Waals surface area contributed by atoms with Crippen molar-refractivity contribution in [2.24, 2.45) is 5.41 Å². The summed E-state index contributed by atoms with van der Waals surface area (Å²) in [5.74, 6) is 2.88. The van der Waals surface area contributed by atoms with E-state index >= 15 is 0 Å². The summed E-state index contributed by atoms with van der Waals surface area (Å²) in [6.07, 6.45) is 3.37. The number of ether oxygens (including phenoxy) is 1. The minimum Gasteiger partial charge on any atom is -0.457 e. The van der Waals surface area contributed by atoms with Gasteiger partial charge in [0.25, 0.3) is 5.91 Å². The lowest BCUT2D eigenvalue weighted by atomic mass is 9.97. The zero-order valence-corrected chi connectivity index (χ0v) is 23.9. The van der Waals surface area contributed by atoms with Crippen molar-refractivity contribution >= 4 is 34.1 Å². The van der Waals surface area contributed by atoms with E-state index in [1.807, 2.05) is 43.5 Å². The highest BCUT2D eigenvalue weighted by Crippen LogP contribution is 2.31. The van der Waals surface area contributed by atoms with Crippen molar-refractivity contribution in [1.29, 1.82) is 0 Å². The molecule has 1 fully saturated rings. The molecule has 3 heterocycles. The molecule has 0 aliphatic carbocycles. The van der Waals surface area contributed by atoms with Gasteiger partial charge in [-0.1, -0.05) is 26.8 Å². The summed E-state index contributed by atoms with van der Waals surface area (Å²) >= 11 is 0. The molecule has 0 bridgehead atoms. The predicted molar refractivity (Wildman–Crippen MR) is 160 cm³/mol. The first kappa shape index (κ1) is 27.3. The first-order valence-electron chi connectivity index (χ1n) is 13.6. The number of nitrogens with zero attached hydrogens (tertiary/aromatic N) is 5. The molecule has 0 spiro atoms. The number of aromatic nitrogens is 3. The van der Waals surface area contributed by atoms with Gasteiger partial charge in [0.2, 0.25) is 0 Å². The number of aryl methyl sites for hydroxylation is 1. The predicted octanol–water partition coefficient (Wildman–Crippen LogP) is 5.40. The summed E-state index contributed by atoms with van der Waals surface area (Å²) in [4.78, 5) is 30.8. The Morgan fingerprint density at radius 3 is 2.55 bits per heavy atom. The van der Waals surface area contributed by atoms with E-state index < -0.39 is 0 Å². The molecule has 1 amide bonds. The zero-order chi connectivity index (χ0) is 28.3. The minimum absolute atomic E-state index is 0.0124. The van der Waals surface area contributed by atoms with Crippen molar-refractivity contribution in [1.82, 2.24) is 25.2 Å². The number of carbonyl (C=O) groups is 1. The Labute approximate surface area is 235 Å². The Hall–Kier alpha value is -4.24. The van der Waals surface area contributed by atoms with Crippen LogP contribution in [0.1, 0.15) is 36.7 Å². The topological polar surface area (TPSA) is 95.5 Å². The molecule has 4 aromatic rings. The highest BCUT2D eigenvalue weighted by molar-refractivity contribution is 5.94. The van der Waals surface area contributed by atoms with Gasteiger partial charge in [0, 0.05) is 49.4 Å². The molecule has 9 nitrogen and oxygen atoms in total. The molecule has 2 aromatic heterocycles. The number of hydrogen-bond acceptors (Lipinski definition) is 8.